The van der Waals surface area contributed by atoms with Crippen LogP contribution in [0.5, 0.6) is 0 Å². The standard InChI is InChI=1S/C15H27N3O2.ClH/c1-11(17-15(20)13-5-3-4-6-13)9-14(19)18-8-7-16-10-12(18)2;/h11-13,16H,3-10H2,1-2H3,(H,17,20);1H/t11?,12-;/m1./s1. The average molecular weight is 318 g/mol. The van der Waals surface area contributed by atoms with Gasteiger partial charge in [0.15, 0.2) is 0 Å². The molecule has 0 spiro atoms. The van der Waals surface area contributed by atoms with Crippen molar-refractivity contribution in [3.63, 3.8) is 0 Å². The Kier molecular flexibility index (Phi) is 7.46. The van der Waals surface area contributed by atoms with Gasteiger partial charge in [-0.3, -0.25) is 9.59 Å². The molecule has 21 heavy (non-hydrogen) atoms. The van der Waals surface area contributed by atoms with E-state index in [1.807, 2.05) is 11.8 Å². The summed E-state index contributed by atoms with van der Waals surface area (Å²) in [7, 11) is 0. The van der Waals surface area contributed by atoms with Crippen LogP contribution in [0.4, 0.5) is 0 Å². The third kappa shape index (κ3) is 5.15. The number of halogens is 1. The van der Waals surface area contributed by atoms with E-state index < -0.39 is 0 Å². The second-order valence-corrected chi connectivity index (χ2v) is 6.24. The van der Waals surface area contributed by atoms with Crippen molar-refractivity contribution >= 4 is 24.2 Å². The minimum Gasteiger partial charge on any atom is -0.353 e. The molecule has 0 aromatic rings. The van der Waals surface area contributed by atoms with Crippen molar-refractivity contribution in [1.82, 2.24) is 15.5 Å². The second-order valence-electron chi connectivity index (χ2n) is 6.24. The van der Waals surface area contributed by atoms with Gasteiger partial charge in [-0.15, -0.1) is 12.4 Å². The zero-order chi connectivity index (χ0) is 14.5. The maximum Gasteiger partial charge on any atom is 0.224 e. The second kappa shape index (κ2) is 8.59. The Balaban J connectivity index is 0.00000220. The molecule has 0 bridgehead atoms. The fourth-order valence-corrected chi connectivity index (χ4v) is 3.19. The van der Waals surface area contributed by atoms with Gasteiger partial charge in [0.05, 0.1) is 0 Å². The summed E-state index contributed by atoms with van der Waals surface area (Å²) in [6.45, 7) is 6.47. The van der Waals surface area contributed by atoms with Gasteiger partial charge in [0.1, 0.15) is 0 Å². The molecular weight excluding hydrogens is 290 g/mol. The smallest absolute Gasteiger partial charge is 0.224 e. The van der Waals surface area contributed by atoms with Gasteiger partial charge in [-0.1, -0.05) is 12.8 Å². The highest BCUT2D eigenvalue weighted by Crippen LogP contribution is 2.24. The third-order valence-corrected chi connectivity index (χ3v) is 4.42. The van der Waals surface area contributed by atoms with E-state index >= 15 is 0 Å². The van der Waals surface area contributed by atoms with Crippen LogP contribution in [0.2, 0.25) is 0 Å². The highest BCUT2D eigenvalue weighted by atomic mass is 35.5. The monoisotopic (exact) mass is 317 g/mol. The molecule has 2 amide bonds. The molecule has 0 aromatic carbocycles. The van der Waals surface area contributed by atoms with Gasteiger partial charge in [-0.25, -0.2) is 0 Å². The predicted octanol–water partition coefficient (Wildman–Crippen LogP) is 1.31. The van der Waals surface area contributed by atoms with Gasteiger partial charge >= 0.3 is 0 Å². The number of piperazine rings is 1. The van der Waals surface area contributed by atoms with E-state index in [0.29, 0.717) is 6.42 Å². The maximum absolute atomic E-state index is 12.3. The fourth-order valence-electron chi connectivity index (χ4n) is 3.19. The van der Waals surface area contributed by atoms with Gasteiger partial charge in [-0.2, -0.15) is 0 Å². The first-order valence-corrected chi connectivity index (χ1v) is 7.88. The zero-order valence-corrected chi connectivity index (χ0v) is 13.9. The molecule has 2 fully saturated rings. The minimum absolute atomic E-state index is 0. The first-order chi connectivity index (χ1) is 9.58. The number of nitrogens with one attached hydrogen (secondary N) is 2. The Morgan fingerprint density at radius 3 is 2.62 bits per heavy atom. The van der Waals surface area contributed by atoms with Gasteiger partial charge in [-0.05, 0) is 26.7 Å². The molecule has 1 aliphatic carbocycles. The number of carbonyl (C=O) groups excluding carboxylic acids is 2. The van der Waals surface area contributed by atoms with Crippen molar-refractivity contribution in [3.05, 3.63) is 0 Å². The van der Waals surface area contributed by atoms with E-state index in [1.165, 1.54) is 0 Å². The molecule has 1 saturated carbocycles. The SMILES string of the molecule is CC(CC(=O)N1CCNC[C@H]1C)NC(=O)C1CCCC1.Cl. The van der Waals surface area contributed by atoms with E-state index in [2.05, 4.69) is 17.6 Å². The summed E-state index contributed by atoms with van der Waals surface area (Å²) in [5, 5.41) is 6.28. The first-order valence-electron chi connectivity index (χ1n) is 7.88. The van der Waals surface area contributed by atoms with Gasteiger partial charge < -0.3 is 15.5 Å². The van der Waals surface area contributed by atoms with Crippen molar-refractivity contribution in [2.24, 2.45) is 5.92 Å². The van der Waals surface area contributed by atoms with Crippen molar-refractivity contribution < 1.29 is 9.59 Å². The van der Waals surface area contributed by atoms with Crippen LogP contribution >= 0.6 is 12.4 Å². The summed E-state index contributed by atoms with van der Waals surface area (Å²) >= 11 is 0. The summed E-state index contributed by atoms with van der Waals surface area (Å²) in [5.41, 5.74) is 0. The van der Waals surface area contributed by atoms with E-state index in [-0.39, 0.29) is 42.2 Å². The van der Waals surface area contributed by atoms with Crippen LogP contribution in [0, 0.1) is 5.92 Å². The molecule has 2 N–H and O–H groups in total. The van der Waals surface area contributed by atoms with Crippen LogP contribution in [0.3, 0.4) is 0 Å². The first kappa shape index (κ1) is 18.2. The lowest BCUT2D eigenvalue weighted by atomic mass is 10.1. The third-order valence-electron chi connectivity index (χ3n) is 4.42. The number of hydrogen-bond donors (Lipinski definition) is 2. The van der Waals surface area contributed by atoms with Crippen molar-refractivity contribution in [3.8, 4) is 0 Å². The number of carbonyl (C=O) groups is 2. The number of rotatable bonds is 4. The minimum atomic E-state index is -0.0716. The van der Waals surface area contributed by atoms with Crippen LogP contribution in [0.25, 0.3) is 0 Å². The Hall–Kier alpha value is -0.810. The fraction of sp³-hybridized carbons (Fsp3) is 0.867. The van der Waals surface area contributed by atoms with Crippen LogP contribution in [0.15, 0.2) is 0 Å². The number of nitrogens with zero attached hydrogens (tertiary/aromatic N) is 1. The lowest BCUT2D eigenvalue weighted by Gasteiger charge is -2.34. The van der Waals surface area contributed by atoms with E-state index in [4.69, 9.17) is 0 Å². The highest BCUT2D eigenvalue weighted by molar-refractivity contribution is 5.85. The molecule has 1 heterocycles. The number of hydrogen-bond acceptors (Lipinski definition) is 3. The predicted molar refractivity (Wildman–Crippen MR) is 85.5 cm³/mol. The van der Waals surface area contributed by atoms with Crippen molar-refractivity contribution in [2.75, 3.05) is 19.6 Å². The molecule has 5 nitrogen and oxygen atoms in total. The molecule has 0 aromatic heterocycles. The quantitative estimate of drug-likeness (QED) is 0.822. The largest absolute Gasteiger partial charge is 0.353 e. The van der Waals surface area contributed by atoms with Crippen LogP contribution in [0.1, 0.15) is 46.0 Å². The Bertz CT molecular complexity index is 359. The van der Waals surface area contributed by atoms with E-state index in [0.717, 1.165) is 45.3 Å². The zero-order valence-electron chi connectivity index (χ0n) is 13.1. The van der Waals surface area contributed by atoms with Crippen molar-refractivity contribution in [2.45, 2.75) is 58.0 Å². The summed E-state index contributed by atoms with van der Waals surface area (Å²) in [6.07, 6.45) is 4.72. The molecule has 1 saturated heterocycles. The van der Waals surface area contributed by atoms with Crippen LogP contribution in [-0.4, -0.2) is 48.4 Å². The lowest BCUT2D eigenvalue weighted by Crippen LogP contribution is -2.53. The summed E-state index contributed by atoms with van der Waals surface area (Å²) in [5.74, 6) is 0.458. The van der Waals surface area contributed by atoms with Gasteiger partial charge in [0, 0.05) is 44.1 Å². The highest BCUT2D eigenvalue weighted by Gasteiger charge is 2.27. The van der Waals surface area contributed by atoms with Crippen molar-refractivity contribution in [1.29, 1.82) is 0 Å². The molecule has 1 unspecified atom stereocenters. The Morgan fingerprint density at radius 2 is 2.00 bits per heavy atom. The van der Waals surface area contributed by atoms with E-state index in [1.54, 1.807) is 0 Å². The lowest BCUT2D eigenvalue weighted by molar-refractivity contribution is -0.134. The van der Waals surface area contributed by atoms with Gasteiger partial charge in [0.25, 0.3) is 0 Å². The summed E-state index contributed by atoms with van der Waals surface area (Å²) < 4.78 is 0. The molecule has 1 aliphatic heterocycles. The summed E-state index contributed by atoms with van der Waals surface area (Å²) in [4.78, 5) is 26.2. The molecule has 2 atom stereocenters. The molecule has 122 valence electrons. The molecule has 2 rings (SSSR count). The van der Waals surface area contributed by atoms with Crippen LogP contribution in [-0.2, 0) is 9.59 Å². The normalized spacial score (nSPS) is 24.3. The van der Waals surface area contributed by atoms with Crippen LogP contribution < -0.4 is 10.6 Å². The average Bonchev–Trinajstić information content (AvgIpc) is 2.92. The molecule has 2 aliphatic rings. The number of amides is 2. The maximum atomic E-state index is 12.3. The molecular formula is C15H28ClN3O2. The van der Waals surface area contributed by atoms with E-state index in [9.17, 15) is 9.59 Å². The topological polar surface area (TPSA) is 61.4 Å². The molecule has 0 radical (unpaired) electrons. The molecule has 6 heteroatoms. The Labute approximate surface area is 133 Å². The summed E-state index contributed by atoms with van der Waals surface area (Å²) in [6, 6.07) is 0.173. The van der Waals surface area contributed by atoms with Gasteiger partial charge in [0.2, 0.25) is 11.8 Å². The Morgan fingerprint density at radius 1 is 1.33 bits per heavy atom.